The summed E-state index contributed by atoms with van der Waals surface area (Å²) in [5.74, 6) is 1.03. The maximum atomic E-state index is 13.1. The zero-order valence-corrected chi connectivity index (χ0v) is 15.9. The van der Waals surface area contributed by atoms with Crippen LogP contribution in [0.5, 0.6) is 5.75 Å². The summed E-state index contributed by atoms with van der Waals surface area (Å²) in [4.78, 5) is 18.9. The van der Waals surface area contributed by atoms with Gasteiger partial charge in [-0.2, -0.15) is 0 Å². The fourth-order valence-electron chi connectivity index (χ4n) is 3.45. The maximum absolute atomic E-state index is 13.1. The number of nitrogens with zero attached hydrogens (tertiary/aromatic N) is 2. The molecule has 1 aromatic heterocycles. The van der Waals surface area contributed by atoms with E-state index in [1.165, 1.54) is 36.0 Å². The van der Waals surface area contributed by atoms with Gasteiger partial charge >= 0.3 is 0 Å². The molecule has 1 saturated heterocycles. The average molecular weight is 377 g/mol. The van der Waals surface area contributed by atoms with Gasteiger partial charge in [0, 0.05) is 31.1 Å². The number of carbonyl (C=O) groups is 1. The molecule has 1 fully saturated rings. The predicted octanol–water partition coefficient (Wildman–Crippen LogP) is 3.78. The summed E-state index contributed by atoms with van der Waals surface area (Å²) in [7, 11) is 0. The van der Waals surface area contributed by atoms with Crippen LogP contribution in [0.2, 0.25) is 0 Å². The molecule has 140 valence electrons. The van der Waals surface area contributed by atoms with Crippen LogP contribution >= 0.6 is 11.3 Å². The number of aromatic nitrogens is 1. The zero-order chi connectivity index (χ0) is 18.5. The number of carbonyl (C=O) groups excluding carboxylic acids is 1. The number of nitrogens with one attached hydrogen (secondary N) is 1. The van der Waals surface area contributed by atoms with Crippen molar-refractivity contribution in [2.45, 2.75) is 26.8 Å². The van der Waals surface area contributed by atoms with E-state index < -0.39 is 5.82 Å². The second-order valence-corrected chi connectivity index (χ2v) is 7.94. The predicted molar refractivity (Wildman–Crippen MR) is 101 cm³/mol. The van der Waals surface area contributed by atoms with Gasteiger partial charge in [0.1, 0.15) is 11.6 Å². The van der Waals surface area contributed by atoms with Crippen LogP contribution in [0.15, 0.2) is 29.6 Å². The van der Waals surface area contributed by atoms with Crippen molar-refractivity contribution in [1.29, 1.82) is 0 Å². The molecule has 7 heteroatoms. The average Bonchev–Trinajstić information content (AvgIpc) is 2.99. The molecule has 2 aromatic rings. The summed E-state index contributed by atoms with van der Waals surface area (Å²) < 4.78 is 18.4. The van der Waals surface area contributed by atoms with Gasteiger partial charge in [0.15, 0.2) is 11.7 Å². The number of rotatable bonds is 6. The Labute approximate surface area is 157 Å². The van der Waals surface area contributed by atoms with Gasteiger partial charge in [-0.15, -0.1) is 11.3 Å². The van der Waals surface area contributed by atoms with E-state index in [0.29, 0.717) is 22.7 Å². The van der Waals surface area contributed by atoms with E-state index in [1.54, 1.807) is 6.07 Å². The summed E-state index contributed by atoms with van der Waals surface area (Å²) in [5.41, 5.74) is 0.970. The Bertz CT molecular complexity index is 742. The van der Waals surface area contributed by atoms with Gasteiger partial charge in [0.25, 0.3) is 5.91 Å². The number of ether oxygens (including phenoxy) is 1. The Morgan fingerprint density at radius 1 is 1.38 bits per heavy atom. The third kappa shape index (κ3) is 5.51. The molecule has 5 nitrogen and oxygen atoms in total. The molecule has 1 aliphatic heterocycles. The van der Waals surface area contributed by atoms with Crippen LogP contribution in [-0.4, -0.2) is 35.5 Å². The molecule has 0 bridgehead atoms. The first-order valence-corrected chi connectivity index (χ1v) is 9.71. The lowest BCUT2D eigenvalue weighted by molar-refractivity contribution is -0.118. The number of anilines is 1. The highest BCUT2D eigenvalue weighted by Gasteiger charge is 2.22. The third-order valence-electron chi connectivity index (χ3n) is 4.29. The van der Waals surface area contributed by atoms with E-state index in [9.17, 15) is 9.18 Å². The summed E-state index contributed by atoms with van der Waals surface area (Å²) in [5, 5.41) is 5.27. The van der Waals surface area contributed by atoms with Gasteiger partial charge in [-0.25, -0.2) is 9.37 Å². The van der Waals surface area contributed by atoms with Crippen molar-refractivity contribution in [3.63, 3.8) is 0 Å². The summed E-state index contributed by atoms with van der Waals surface area (Å²) in [6.45, 7) is 7.37. The van der Waals surface area contributed by atoms with E-state index in [-0.39, 0.29) is 12.5 Å². The van der Waals surface area contributed by atoms with Gasteiger partial charge in [0.2, 0.25) is 0 Å². The van der Waals surface area contributed by atoms with Gasteiger partial charge in [0.05, 0.1) is 5.69 Å². The maximum Gasteiger partial charge on any atom is 0.264 e. The normalized spacial score (nSPS) is 20.7. The Kier molecular flexibility index (Phi) is 6.21. The fraction of sp³-hybridized carbons (Fsp3) is 0.474. The van der Waals surface area contributed by atoms with E-state index in [2.05, 4.69) is 29.0 Å². The molecule has 1 aliphatic rings. The fourth-order valence-corrected chi connectivity index (χ4v) is 4.17. The van der Waals surface area contributed by atoms with E-state index >= 15 is 0 Å². The van der Waals surface area contributed by atoms with Crippen LogP contribution < -0.4 is 10.1 Å². The molecule has 1 amide bonds. The SMILES string of the molecule is C[C@@H]1C[C@@H](C)CN(Cc2csc(NC(=O)COc3cccc(F)c3)n2)C1. The van der Waals surface area contributed by atoms with Crippen molar-refractivity contribution in [3.05, 3.63) is 41.2 Å². The van der Waals surface area contributed by atoms with Crippen molar-refractivity contribution >= 4 is 22.4 Å². The molecule has 26 heavy (non-hydrogen) atoms. The van der Waals surface area contributed by atoms with E-state index in [1.807, 2.05) is 5.38 Å². The Balaban J connectivity index is 1.47. The van der Waals surface area contributed by atoms with Crippen LogP contribution in [0.25, 0.3) is 0 Å². The van der Waals surface area contributed by atoms with Crippen LogP contribution in [-0.2, 0) is 11.3 Å². The minimum absolute atomic E-state index is 0.181. The monoisotopic (exact) mass is 377 g/mol. The van der Waals surface area contributed by atoms with E-state index in [4.69, 9.17) is 4.74 Å². The molecule has 0 saturated carbocycles. The Morgan fingerprint density at radius 3 is 2.88 bits per heavy atom. The third-order valence-corrected chi connectivity index (χ3v) is 5.10. The number of hydrogen-bond donors (Lipinski definition) is 1. The summed E-state index contributed by atoms with van der Waals surface area (Å²) in [6, 6.07) is 5.72. The molecule has 1 N–H and O–H groups in total. The minimum Gasteiger partial charge on any atom is -0.484 e. The second-order valence-electron chi connectivity index (χ2n) is 7.08. The largest absolute Gasteiger partial charge is 0.484 e. The first-order valence-electron chi connectivity index (χ1n) is 8.83. The van der Waals surface area contributed by atoms with E-state index in [0.717, 1.165) is 25.3 Å². The lowest BCUT2D eigenvalue weighted by Gasteiger charge is -2.34. The van der Waals surface area contributed by atoms with Crippen molar-refractivity contribution in [1.82, 2.24) is 9.88 Å². The number of benzene rings is 1. The van der Waals surface area contributed by atoms with Crippen molar-refractivity contribution < 1.29 is 13.9 Å². The van der Waals surface area contributed by atoms with Crippen molar-refractivity contribution in [2.75, 3.05) is 25.0 Å². The second kappa shape index (κ2) is 8.60. The van der Waals surface area contributed by atoms with Gasteiger partial charge in [-0.3, -0.25) is 15.0 Å². The lowest BCUT2D eigenvalue weighted by Crippen LogP contribution is -2.38. The van der Waals surface area contributed by atoms with Crippen molar-refractivity contribution in [2.24, 2.45) is 11.8 Å². The number of piperidine rings is 1. The molecule has 0 unspecified atom stereocenters. The standard InChI is InChI=1S/C19H24FN3O2S/c1-13-6-14(2)9-23(8-13)10-16-12-26-19(21-16)22-18(24)11-25-17-5-3-4-15(20)7-17/h3-5,7,12-14H,6,8-11H2,1-2H3,(H,21,22,24)/t13-,14-/m1/s1. The first-order chi connectivity index (χ1) is 12.5. The van der Waals surface area contributed by atoms with Gasteiger partial charge in [-0.1, -0.05) is 19.9 Å². The molecule has 3 rings (SSSR count). The molecule has 1 aromatic carbocycles. The topological polar surface area (TPSA) is 54.5 Å². The Hall–Kier alpha value is -1.99. The molecular formula is C19H24FN3O2S. The number of likely N-dealkylation sites (tertiary alicyclic amines) is 1. The van der Waals surface area contributed by atoms with Crippen LogP contribution in [0, 0.1) is 17.7 Å². The minimum atomic E-state index is -0.395. The van der Waals surface area contributed by atoms with Gasteiger partial charge in [-0.05, 0) is 30.4 Å². The molecule has 0 spiro atoms. The molecule has 2 atom stereocenters. The zero-order valence-electron chi connectivity index (χ0n) is 15.1. The highest BCUT2D eigenvalue weighted by molar-refractivity contribution is 7.13. The summed E-state index contributed by atoms with van der Waals surface area (Å²) in [6.07, 6.45) is 1.28. The first kappa shape index (κ1) is 18.8. The quantitative estimate of drug-likeness (QED) is 0.832. The lowest BCUT2D eigenvalue weighted by atomic mass is 9.92. The van der Waals surface area contributed by atoms with Crippen LogP contribution in [0.4, 0.5) is 9.52 Å². The molecule has 2 heterocycles. The van der Waals surface area contributed by atoms with Crippen LogP contribution in [0.1, 0.15) is 26.0 Å². The number of hydrogen-bond acceptors (Lipinski definition) is 5. The Morgan fingerprint density at radius 2 is 2.15 bits per heavy atom. The summed E-state index contributed by atoms with van der Waals surface area (Å²) >= 11 is 1.41. The molecule has 0 radical (unpaired) electrons. The number of halogens is 1. The number of amides is 1. The smallest absolute Gasteiger partial charge is 0.264 e. The van der Waals surface area contributed by atoms with Gasteiger partial charge < -0.3 is 4.74 Å². The van der Waals surface area contributed by atoms with Crippen LogP contribution in [0.3, 0.4) is 0 Å². The number of thiazole rings is 1. The van der Waals surface area contributed by atoms with Crippen molar-refractivity contribution in [3.8, 4) is 5.75 Å². The molecular weight excluding hydrogens is 353 g/mol. The highest BCUT2D eigenvalue weighted by atomic mass is 32.1. The molecule has 0 aliphatic carbocycles. The highest BCUT2D eigenvalue weighted by Crippen LogP contribution is 2.24.